The second kappa shape index (κ2) is 6.46. The first-order chi connectivity index (χ1) is 9.48. The van der Waals surface area contributed by atoms with Crippen molar-refractivity contribution in [3.05, 3.63) is 0 Å². The largest absolute Gasteiger partial charge is 0.325 e. The van der Waals surface area contributed by atoms with Gasteiger partial charge < -0.3 is 4.90 Å². The lowest BCUT2D eigenvalue weighted by Gasteiger charge is -2.29. The number of carbonyl (C=O) groups excluding carboxylic acids is 1. The second-order valence-electron chi connectivity index (χ2n) is 7.35. The minimum absolute atomic E-state index is 0.294. The van der Waals surface area contributed by atoms with Crippen molar-refractivity contribution in [1.82, 2.24) is 10.2 Å². The lowest BCUT2D eigenvalue weighted by molar-refractivity contribution is -0.133. The van der Waals surface area contributed by atoms with Gasteiger partial charge in [0, 0.05) is 6.54 Å². The quantitative estimate of drug-likeness (QED) is 0.807. The standard InChI is InChI=1S/C17H32N2O/c1-5-17(4)16(20)19(12-8-9-13(2)3)15(18-17)14-10-6-7-11-14/h13-15,18H,5-12H2,1-4H3. The molecule has 1 saturated heterocycles. The van der Waals surface area contributed by atoms with Crippen LogP contribution in [0, 0.1) is 11.8 Å². The van der Waals surface area contributed by atoms with Crippen LogP contribution >= 0.6 is 0 Å². The van der Waals surface area contributed by atoms with Gasteiger partial charge in [-0.25, -0.2) is 0 Å². The van der Waals surface area contributed by atoms with Gasteiger partial charge in [0.05, 0.1) is 11.7 Å². The van der Waals surface area contributed by atoms with Crippen molar-refractivity contribution < 1.29 is 4.79 Å². The molecule has 1 heterocycles. The van der Waals surface area contributed by atoms with E-state index >= 15 is 0 Å². The molecule has 1 N–H and O–H groups in total. The molecule has 2 fully saturated rings. The van der Waals surface area contributed by atoms with Crippen LogP contribution in [-0.4, -0.2) is 29.1 Å². The molecule has 0 radical (unpaired) electrons. The van der Waals surface area contributed by atoms with E-state index in [0.29, 0.717) is 18.0 Å². The molecular formula is C17H32N2O. The summed E-state index contributed by atoms with van der Waals surface area (Å²) in [6.07, 6.45) is 8.76. The van der Waals surface area contributed by atoms with Gasteiger partial charge in [-0.05, 0) is 50.9 Å². The van der Waals surface area contributed by atoms with E-state index in [0.717, 1.165) is 25.3 Å². The van der Waals surface area contributed by atoms with Crippen LogP contribution in [0.2, 0.25) is 0 Å². The Labute approximate surface area is 124 Å². The summed E-state index contributed by atoms with van der Waals surface area (Å²) in [5.41, 5.74) is -0.328. The monoisotopic (exact) mass is 280 g/mol. The van der Waals surface area contributed by atoms with Crippen molar-refractivity contribution in [3.8, 4) is 0 Å². The van der Waals surface area contributed by atoms with Gasteiger partial charge in [-0.2, -0.15) is 0 Å². The van der Waals surface area contributed by atoms with Gasteiger partial charge in [-0.1, -0.05) is 33.6 Å². The maximum absolute atomic E-state index is 12.8. The van der Waals surface area contributed by atoms with Gasteiger partial charge in [0.2, 0.25) is 5.91 Å². The molecule has 0 aromatic heterocycles. The lowest BCUT2D eigenvalue weighted by Crippen LogP contribution is -2.45. The molecule has 0 aromatic carbocycles. The first kappa shape index (κ1) is 15.8. The Morgan fingerprint density at radius 1 is 1.35 bits per heavy atom. The summed E-state index contributed by atoms with van der Waals surface area (Å²) in [5, 5.41) is 3.67. The van der Waals surface area contributed by atoms with Crippen LogP contribution in [0.1, 0.15) is 72.6 Å². The average Bonchev–Trinajstić information content (AvgIpc) is 3.00. The predicted octanol–water partition coefficient (Wildman–Crippen LogP) is 3.54. The van der Waals surface area contributed by atoms with E-state index in [1.165, 1.54) is 32.1 Å². The molecule has 2 aliphatic rings. The van der Waals surface area contributed by atoms with E-state index < -0.39 is 0 Å². The number of nitrogens with zero attached hydrogens (tertiary/aromatic N) is 1. The predicted molar refractivity (Wildman–Crippen MR) is 83.4 cm³/mol. The maximum Gasteiger partial charge on any atom is 0.243 e. The lowest BCUT2D eigenvalue weighted by atomic mass is 9.99. The summed E-state index contributed by atoms with van der Waals surface area (Å²) in [6, 6.07) is 0. The molecule has 1 aliphatic carbocycles. The fourth-order valence-corrected chi connectivity index (χ4v) is 3.72. The van der Waals surface area contributed by atoms with Crippen LogP contribution in [0.25, 0.3) is 0 Å². The van der Waals surface area contributed by atoms with Crippen molar-refractivity contribution in [1.29, 1.82) is 0 Å². The van der Waals surface area contributed by atoms with Crippen LogP contribution < -0.4 is 5.32 Å². The molecule has 20 heavy (non-hydrogen) atoms. The molecule has 2 atom stereocenters. The molecule has 3 heteroatoms. The topological polar surface area (TPSA) is 32.3 Å². The highest BCUT2D eigenvalue weighted by Crippen LogP contribution is 2.35. The van der Waals surface area contributed by atoms with Crippen molar-refractivity contribution >= 4 is 5.91 Å². The molecule has 0 aromatic rings. The SMILES string of the molecule is CCC1(C)NC(C2CCCC2)N(CCCC(C)C)C1=O. The highest BCUT2D eigenvalue weighted by atomic mass is 16.2. The number of hydrogen-bond donors (Lipinski definition) is 1. The summed E-state index contributed by atoms with van der Waals surface area (Å²) in [7, 11) is 0. The Hall–Kier alpha value is -0.570. The summed E-state index contributed by atoms with van der Waals surface area (Å²) >= 11 is 0. The fraction of sp³-hybridized carbons (Fsp3) is 0.941. The van der Waals surface area contributed by atoms with E-state index in [1.54, 1.807) is 0 Å². The van der Waals surface area contributed by atoms with E-state index in [2.05, 4.69) is 37.9 Å². The zero-order valence-corrected chi connectivity index (χ0v) is 13.7. The number of carbonyl (C=O) groups is 1. The molecule has 3 nitrogen and oxygen atoms in total. The Balaban J connectivity index is 2.04. The number of amides is 1. The van der Waals surface area contributed by atoms with Gasteiger partial charge >= 0.3 is 0 Å². The Kier molecular flexibility index (Phi) is 5.11. The number of nitrogens with one attached hydrogen (secondary N) is 1. The maximum atomic E-state index is 12.8. The molecule has 1 amide bonds. The normalized spacial score (nSPS) is 31.8. The molecule has 0 bridgehead atoms. The van der Waals surface area contributed by atoms with Gasteiger partial charge in [-0.3, -0.25) is 10.1 Å². The Morgan fingerprint density at radius 3 is 2.55 bits per heavy atom. The third-order valence-corrected chi connectivity index (χ3v) is 5.27. The molecule has 0 spiro atoms. The van der Waals surface area contributed by atoms with Crippen LogP contribution in [0.4, 0.5) is 0 Å². The summed E-state index contributed by atoms with van der Waals surface area (Å²) in [6.45, 7) is 9.65. The molecular weight excluding hydrogens is 248 g/mol. The number of hydrogen-bond acceptors (Lipinski definition) is 2. The summed E-state index contributed by atoms with van der Waals surface area (Å²) in [4.78, 5) is 14.9. The first-order valence-electron chi connectivity index (χ1n) is 8.56. The van der Waals surface area contributed by atoms with Crippen molar-refractivity contribution in [3.63, 3.8) is 0 Å². The van der Waals surface area contributed by atoms with E-state index in [4.69, 9.17) is 0 Å². The minimum atomic E-state index is -0.328. The third-order valence-electron chi connectivity index (χ3n) is 5.27. The minimum Gasteiger partial charge on any atom is -0.325 e. The third kappa shape index (κ3) is 3.19. The van der Waals surface area contributed by atoms with Gasteiger partial charge in [-0.15, -0.1) is 0 Å². The highest BCUT2D eigenvalue weighted by Gasteiger charge is 2.49. The van der Waals surface area contributed by atoms with Crippen molar-refractivity contribution in [2.75, 3.05) is 6.54 Å². The van der Waals surface area contributed by atoms with Gasteiger partial charge in [0.15, 0.2) is 0 Å². The summed E-state index contributed by atoms with van der Waals surface area (Å²) < 4.78 is 0. The molecule has 1 saturated carbocycles. The average molecular weight is 280 g/mol. The molecule has 2 unspecified atom stereocenters. The molecule has 116 valence electrons. The Bertz CT molecular complexity index is 336. The van der Waals surface area contributed by atoms with E-state index in [9.17, 15) is 4.79 Å². The van der Waals surface area contributed by atoms with Crippen molar-refractivity contribution in [2.24, 2.45) is 11.8 Å². The van der Waals surface area contributed by atoms with Gasteiger partial charge in [0.25, 0.3) is 0 Å². The van der Waals surface area contributed by atoms with E-state index in [1.807, 2.05) is 0 Å². The van der Waals surface area contributed by atoms with Crippen LogP contribution in [0.15, 0.2) is 0 Å². The summed E-state index contributed by atoms with van der Waals surface area (Å²) in [5.74, 6) is 1.73. The number of rotatable bonds is 6. The van der Waals surface area contributed by atoms with Crippen LogP contribution in [-0.2, 0) is 4.79 Å². The zero-order valence-electron chi connectivity index (χ0n) is 13.7. The molecule has 2 rings (SSSR count). The van der Waals surface area contributed by atoms with Crippen LogP contribution in [0.5, 0.6) is 0 Å². The van der Waals surface area contributed by atoms with Gasteiger partial charge in [0.1, 0.15) is 0 Å². The Morgan fingerprint density at radius 2 is 2.00 bits per heavy atom. The first-order valence-corrected chi connectivity index (χ1v) is 8.56. The second-order valence-corrected chi connectivity index (χ2v) is 7.35. The van der Waals surface area contributed by atoms with E-state index in [-0.39, 0.29) is 5.54 Å². The highest BCUT2D eigenvalue weighted by molar-refractivity contribution is 5.88. The van der Waals surface area contributed by atoms with Crippen LogP contribution in [0.3, 0.4) is 0 Å². The molecule has 1 aliphatic heterocycles. The fourth-order valence-electron chi connectivity index (χ4n) is 3.72. The zero-order chi connectivity index (χ0) is 14.8. The smallest absolute Gasteiger partial charge is 0.243 e. The van der Waals surface area contributed by atoms with Crippen molar-refractivity contribution in [2.45, 2.75) is 84.3 Å².